The van der Waals surface area contributed by atoms with Gasteiger partial charge in [-0.25, -0.2) is 4.79 Å². The summed E-state index contributed by atoms with van der Waals surface area (Å²) in [5, 5.41) is 3.54. The SMILES string of the molecule is CNc1c(C/C=C(\C)CCC(=O)Oc2ccccc2Cl)c(OC)c(C)c2c1C(=O)OC2. The van der Waals surface area contributed by atoms with E-state index in [1.54, 1.807) is 38.4 Å². The van der Waals surface area contributed by atoms with Crippen LogP contribution in [0.3, 0.4) is 0 Å². The molecule has 0 atom stereocenters. The normalized spacial score (nSPS) is 12.9. The first kappa shape index (κ1) is 22.7. The minimum absolute atomic E-state index is 0.235. The molecule has 0 radical (unpaired) electrons. The van der Waals surface area contributed by atoms with Gasteiger partial charge in [0.2, 0.25) is 0 Å². The highest BCUT2D eigenvalue weighted by molar-refractivity contribution is 6.32. The molecule has 1 N–H and O–H groups in total. The van der Waals surface area contributed by atoms with Crippen molar-refractivity contribution >= 4 is 29.2 Å². The van der Waals surface area contributed by atoms with Crippen LogP contribution in [0.1, 0.15) is 46.8 Å². The number of benzene rings is 2. The maximum atomic E-state index is 12.3. The lowest BCUT2D eigenvalue weighted by atomic mass is 9.93. The van der Waals surface area contributed by atoms with Gasteiger partial charge in [0.25, 0.3) is 0 Å². The quantitative estimate of drug-likeness (QED) is 0.341. The zero-order valence-corrected chi connectivity index (χ0v) is 18.9. The molecule has 0 amide bonds. The fourth-order valence-corrected chi connectivity index (χ4v) is 3.88. The number of nitrogens with one attached hydrogen (secondary N) is 1. The Morgan fingerprint density at radius 2 is 2.03 bits per heavy atom. The summed E-state index contributed by atoms with van der Waals surface area (Å²) in [7, 11) is 3.40. The number of carbonyl (C=O) groups excluding carboxylic acids is 2. The average molecular weight is 444 g/mol. The molecule has 2 aromatic rings. The number of methoxy groups -OCH3 is 1. The third-order valence-corrected chi connectivity index (χ3v) is 5.68. The summed E-state index contributed by atoms with van der Waals surface area (Å²) in [6.07, 6.45) is 3.37. The van der Waals surface area contributed by atoms with Crippen LogP contribution >= 0.6 is 11.6 Å². The Bertz CT molecular complexity index is 1040. The molecule has 0 saturated carbocycles. The van der Waals surface area contributed by atoms with Crippen molar-refractivity contribution in [2.75, 3.05) is 19.5 Å². The molecule has 0 bridgehead atoms. The second-order valence-corrected chi connectivity index (χ2v) is 7.76. The van der Waals surface area contributed by atoms with E-state index < -0.39 is 0 Å². The third-order valence-electron chi connectivity index (χ3n) is 5.37. The van der Waals surface area contributed by atoms with E-state index in [1.807, 2.05) is 19.9 Å². The monoisotopic (exact) mass is 443 g/mol. The molecule has 0 fully saturated rings. The molecule has 0 spiro atoms. The van der Waals surface area contributed by atoms with Gasteiger partial charge in [0.1, 0.15) is 18.1 Å². The van der Waals surface area contributed by atoms with Gasteiger partial charge in [-0.15, -0.1) is 0 Å². The topological polar surface area (TPSA) is 73.9 Å². The summed E-state index contributed by atoms with van der Waals surface area (Å²) in [5.41, 5.74) is 4.98. The fourth-order valence-electron chi connectivity index (χ4n) is 3.71. The standard InChI is InChI=1S/C24H26ClNO5/c1-14(10-12-20(27)31-19-8-6-5-7-18(19)25)9-11-16-22(26-3)21-17(13-30-24(21)28)15(2)23(16)29-4/h5-9,26H,10-13H2,1-4H3/b14-9+. The Balaban J connectivity index is 1.73. The van der Waals surface area contributed by atoms with Crippen molar-refractivity contribution in [2.24, 2.45) is 0 Å². The first-order valence-electron chi connectivity index (χ1n) is 10.0. The number of hydrogen-bond donors (Lipinski definition) is 1. The fraction of sp³-hybridized carbons (Fsp3) is 0.333. The Hall–Kier alpha value is -2.99. The van der Waals surface area contributed by atoms with E-state index in [2.05, 4.69) is 5.32 Å². The molecular weight excluding hydrogens is 418 g/mol. The van der Waals surface area contributed by atoms with Crippen LogP contribution in [0.4, 0.5) is 5.69 Å². The van der Waals surface area contributed by atoms with Gasteiger partial charge < -0.3 is 19.5 Å². The molecule has 164 valence electrons. The molecule has 2 aromatic carbocycles. The van der Waals surface area contributed by atoms with Gasteiger partial charge in [0.05, 0.1) is 23.4 Å². The minimum Gasteiger partial charge on any atom is -0.496 e. The van der Waals surface area contributed by atoms with Gasteiger partial charge in [-0.3, -0.25) is 4.79 Å². The Morgan fingerprint density at radius 3 is 2.71 bits per heavy atom. The van der Waals surface area contributed by atoms with E-state index in [1.165, 1.54) is 0 Å². The largest absolute Gasteiger partial charge is 0.496 e. The summed E-state index contributed by atoms with van der Waals surface area (Å²) >= 11 is 6.03. The van der Waals surface area contributed by atoms with Crippen molar-refractivity contribution < 1.29 is 23.8 Å². The molecule has 0 saturated heterocycles. The van der Waals surface area contributed by atoms with Crippen molar-refractivity contribution in [1.29, 1.82) is 0 Å². The van der Waals surface area contributed by atoms with Crippen LogP contribution in [0, 0.1) is 6.92 Å². The average Bonchev–Trinajstić information content (AvgIpc) is 3.14. The molecule has 31 heavy (non-hydrogen) atoms. The minimum atomic E-state index is -0.342. The highest BCUT2D eigenvalue weighted by Gasteiger charge is 2.31. The van der Waals surface area contributed by atoms with Crippen molar-refractivity contribution in [3.63, 3.8) is 0 Å². The molecule has 6 nitrogen and oxygen atoms in total. The van der Waals surface area contributed by atoms with Crippen molar-refractivity contribution in [3.05, 3.63) is 63.2 Å². The second-order valence-electron chi connectivity index (χ2n) is 7.35. The maximum Gasteiger partial charge on any atom is 0.341 e. The number of hydrogen-bond acceptors (Lipinski definition) is 6. The predicted octanol–water partition coefficient (Wildman–Crippen LogP) is 5.24. The summed E-state index contributed by atoms with van der Waals surface area (Å²) in [5.74, 6) is 0.433. The van der Waals surface area contributed by atoms with Gasteiger partial charge in [-0.2, -0.15) is 0 Å². The number of halogens is 1. The number of para-hydroxylation sites is 1. The lowest BCUT2D eigenvalue weighted by Crippen LogP contribution is -2.09. The van der Waals surface area contributed by atoms with Crippen molar-refractivity contribution in [3.8, 4) is 11.5 Å². The van der Waals surface area contributed by atoms with E-state index >= 15 is 0 Å². The molecule has 0 unspecified atom stereocenters. The first-order valence-corrected chi connectivity index (χ1v) is 10.4. The van der Waals surface area contributed by atoms with Crippen LogP contribution in [-0.2, 0) is 22.6 Å². The van der Waals surface area contributed by atoms with Gasteiger partial charge in [-0.1, -0.05) is 35.4 Å². The first-order chi connectivity index (χ1) is 14.9. The van der Waals surface area contributed by atoms with Gasteiger partial charge in [-0.05, 0) is 44.4 Å². The number of carbonyl (C=O) groups is 2. The zero-order valence-electron chi connectivity index (χ0n) is 18.1. The Kier molecular flexibility index (Phi) is 7.23. The number of fused-ring (bicyclic) bond motifs is 1. The highest BCUT2D eigenvalue weighted by Crippen LogP contribution is 2.41. The number of cyclic esters (lactones) is 1. The van der Waals surface area contributed by atoms with Crippen molar-refractivity contribution in [1.82, 2.24) is 0 Å². The second kappa shape index (κ2) is 9.88. The summed E-state index contributed by atoms with van der Waals surface area (Å²) in [6.45, 7) is 4.15. The van der Waals surface area contributed by atoms with Gasteiger partial charge >= 0.3 is 11.9 Å². The van der Waals surface area contributed by atoms with E-state index in [9.17, 15) is 9.59 Å². The number of ether oxygens (including phenoxy) is 3. The van der Waals surface area contributed by atoms with Crippen LogP contribution < -0.4 is 14.8 Å². The van der Waals surface area contributed by atoms with E-state index in [0.717, 1.165) is 33.7 Å². The smallest absolute Gasteiger partial charge is 0.341 e. The molecule has 1 heterocycles. The predicted molar refractivity (Wildman–Crippen MR) is 120 cm³/mol. The number of allylic oxidation sites excluding steroid dienone is 2. The summed E-state index contributed by atoms with van der Waals surface area (Å²) in [6, 6.07) is 6.88. The van der Waals surface area contributed by atoms with Gasteiger partial charge in [0, 0.05) is 24.6 Å². The molecule has 3 rings (SSSR count). The molecular formula is C24H26ClNO5. The van der Waals surface area contributed by atoms with Crippen LogP contribution in [-0.4, -0.2) is 26.1 Å². The Morgan fingerprint density at radius 1 is 1.29 bits per heavy atom. The number of anilines is 1. The van der Waals surface area contributed by atoms with Crippen molar-refractivity contribution in [2.45, 2.75) is 39.7 Å². The van der Waals surface area contributed by atoms with Crippen LogP contribution in [0.15, 0.2) is 35.9 Å². The van der Waals surface area contributed by atoms with E-state index in [-0.39, 0.29) is 25.0 Å². The van der Waals surface area contributed by atoms with E-state index in [0.29, 0.717) is 29.2 Å². The van der Waals surface area contributed by atoms with Crippen LogP contribution in [0.5, 0.6) is 11.5 Å². The van der Waals surface area contributed by atoms with Crippen LogP contribution in [0.2, 0.25) is 5.02 Å². The molecule has 1 aliphatic heterocycles. The molecule has 0 aliphatic carbocycles. The third kappa shape index (κ3) is 4.85. The lowest BCUT2D eigenvalue weighted by Gasteiger charge is -2.19. The van der Waals surface area contributed by atoms with E-state index in [4.69, 9.17) is 25.8 Å². The number of rotatable bonds is 8. The maximum absolute atomic E-state index is 12.3. The molecule has 1 aliphatic rings. The molecule has 7 heteroatoms. The lowest BCUT2D eigenvalue weighted by molar-refractivity contribution is -0.134. The molecule has 0 aromatic heterocycles. The zero-order chi connectivity index (χ0) is 22.5. The highest BCUT2D eigenvalue weighted by atomic mass is 35.5. The van der Waals surface area contributed by atoms with Crippen LogP contribution in [0.25, 0.3) is 0 Å². The number of esters is 2. The summed E-state index contributed by atoms with van der Waals surface area (Å²) < 4.78 is 16.2. The Labute approximate surface area is 187 Å². The van der Waals surface area contributed by atoms with Gasteiger partial charge in [0.15, 0.2) is 0 Å². The summed E-state index contributed by atoms with van der Waals surface area (Å²) in [4.78, 5) is 24.4.